The Balaban J connectivity index is 1.78. The third kappa shape index (κ3) is 6.44. The summed E-state index contributed by atoms with van der Waals surface area (Å²) in [5, 5.41) is 18.8. The number of ether oxygens (including phenoxy) is 3. The summed E-state index contributed by atoms with van der Waals surface area (Å²) < 4.78 is 55.1. The Kier molecular flexibility index (Phi) is 7.55. The number of hydrogen-bond donors (Lipinski definition) is 1. The second-order valence-corrected chi connectivity index (χ2v) is 7.92. The third-order valence-corrected chi connectivity index (χ3v) is 5.22. The van der Waals surface area contributed by atoms with E-state index in [1.807, 2.05) is 6.07 Å². The number of nitrogens with zero attached hydrogens (tertiary/aromatic N) is 1. The highest BCUT2D eigenvalue weighted by Gasteiger charge is 2.36. The van der Waals surface area contributed by atoms with Crippen LogP contribution in [0.2, 0.25) is 0 Å². The minimum atomic E-state index is -4.42. The van der Waals surface area contributed by atoms with Crippen molar-refractivity contribution >= 4 is 5.97 Å². The fourth-order valence-electron chi connectivity index (χ4n) is 3.30. The molecule has 0 spiro atoms. The molecule has 6 nitrogen and oxygen atoms in total. The molecule has 0 aliphatic rings. The summed E-state index contributed by atoms with van der Waals surface area (Å²) in [4.78, 5) is 12.1. The molecule has 3 aromatic carbocycles. The minimum absolute atomic E-state index is 0.0180. The number of halogens is 3. The summed E-state index contributed by atoms with van der Waals surface area (Å²) in [6.07, 6.45) is -4.45. The molecule has 3 rings (SSSR count). The predicted octanol–water partition coefficient (Wildman–Crippen LogP) is 5.63. The zero-order valence-corrected chi connectivity index (χ0v) is 18.9. The van der Waals surface area contributed by atoms with Crippen LogP contribution < -0.4 is 14.2 Å². The van der Waals surface area contributed by atoms with Crippen molar-refractivity contribution in [3.63, 3.8) is 0 Å². The van der Waals surface area contributed by atoms with E-state index in [0.717, 1.165) is 12.1 Å². The van der Waals surface area contributed by atoms with Crippen molar-refractivity contribution in [2.24, 2.45) is 0 Å². The monoisotopic (exact) mass is 485 g/mol. The molecule has 0 amide bonds. The van der Waals surface area contributed by atoms with Gasteiger partial charge in [0.2, 0.25) is 5.60 Å². The average molecular weight is 485 g/mol. The highest BCUT2D eigenvalue weighted by atomic mass is 19.4. The van der Waals surface area contributed by atoms with Crippen LogP contribution in [0, 0.1) is 11.3 Å². The number of benzene rings is 3. The summed E-state index contributed by atoms with van der Waals surface area (Å²) in [7, 11) is 1.44. The van der Waals surface area contributed by atoms with Crippen molar-refractivity contribution in [1.82, 2.24) is 0 Å². The summed E-state index contributed by atoms with van der Waals surface area (Å²) in [6, 6.07) is 17.6. The van der Waals surface area contributed by atoms with Gasteiger partial charge in [0.1, 0.15) is 12.4 Å². The Morgan fingerprint density at radius 1 is 0.971 bits per heavy atom. The molecule has 1 N–H and O–H groups in total. The molecule has 3 aromatic rings. The topological polar surface area (TPSA) is 88.8 Å². The molecule has 182 valence electrons. The van der Waals surface area contributed by atoms with Gasteiger partial charge < -0.3 is 19.3 Å². The van der Waals surface area contributed by atoms with Gasteiger partial charge in [0.15, 0.2) is 11.5 Å². The van der Waals surface area contributed by atoms with Gasteiger partial charge in [0.25, 0.3) is 0 Å². The highest BCUT2D eigenvalue weighted by molar-refractivity contribution is 5.78. The molecule has 35 heavy (non-hydrogen) atoms. The maximum absolute atomic E-state index is 12.8. The van der Waals surface area contributed by atoms with Crippen LogP contribution in [0.15, 0.2) is 66.7 Å². The number of carbonyl (C=O) groups is 1. The number of carboxylic acids is 1. The highest BCUT2D eigenvalue weighted by Crippen LogP contribution is 2.32. The molecule has 0 bridgehead atoms. The van der Waals surface area contributed by atoms with Crippen LogP contribution >= 0.6 is 0 Å². The van der Waals surface area contributed by atoms with Crippen LogP contribution in [0.5, 0.6) is 17.2 Å². The summed E-state index contributed by atoms with van der Waals surface area (Å²) in [5.74, 6) is -0.215. The van der Waals surface area contributed by atoms with E-state index in [1.165, 1.54) is 50.4 Å². The van der Waals surface area contributed by atoms with Crippen molar-refractivity contribution < 1.29 is 37.3 Å². The van der Waals surface area contributed by atoms with E-state index in [9.17, 15) is 23.1 Å². The lowest BCUT2D eigenvalue weighted by molar-refractivity contribution is -0.153. The van der Waals surface area contributed by atoms with Gasteiger partial charge in [-0.15, -0.1) is 0 Å². The van der Waals surface area contributed by atoms with Crippen molar-refractivity contribution in [3.05, 3.63) is 89.0 Å². The SMILES string of the molecule is COc1ccc(CC(C)(Oc2ccc(C#N)cc2)C(=O)O)cc1OCc1ccc(C(F)(F)F)cc1. The quantitative estimate of drug-likeness (QED) is 0.423. The number of hydrogen-bond acceptors (Lipinski definition) is 5. The second kappa shape index (κ2) is 10.4. The molecule has 0 heterocycles. The number of alkyl halides is 3. The van der Waals surface area contributed by atoms with Gasteiger partial charge in [0.05, 0.1) is 24.3 Å². The summed E-state index contributed by atoms with van der Waals surface area (Å²) >= 11 is 0. The van der Waals surface area contributed by atoms with Crippen LogP contribution in [0.3, 0.4) is 0 Å². The van der Waals surface area contributed by atoms with Gasteiger partial charge in [-0.05, 0) is 66.6 Å². The Morgan fingerprint density at radius 3 is 2.14 bits per heavy atom. The maximum Gasteiger partial charge on any atom is 0.416 e. The molecule has 9 heteroatoms. The Morgan fingerprint density at radius 2 is 1.60 bits per heavy atom. The fraction of sp³-hybridized carbons (Fsp3) is 0.231. The van der Waals surface area contributed by atoms with Crippen LogP contribution in [-0.2, 0) is 24.0 Å². The molecule has 0 aliphatic heterocycles. The molecule has 0 fully saturated rings. The standard InChI is InChI=1S/C26H22F3NO5/c1-25(24(31)32,35-21-10-5-17(15-30)6-11-21)14-19-7-12-22(33-2)23(13-19)34-16-18-3-8-20(9-4-18)26(27,28)29/h3-13H,14,16H2,1-2H3,(H,31,32). The number of rotatable bonds is 9. The predicted molar refractivity (Wildman–Crippen MR) is 120 cm³/mol. The number of methoxy groups -OCH3 is 1. The van der Waals surface area contributed by atoms with E-state index in [1.54, 1.807) is 18.2 Å². The van der Waals surface area contributed by atoms with Crippen molar-refractivity contribution in [2.75, 3.05) is 7.11 Å². The van der Waals surface area contributed by atoms with Gasteiger partial charge in [-0.1, -0.05) is 18.2 Å². The van der Waals surface area contributed by atoms with Gasteiger partial charge >= 0.3 is 12.1 Å². The van der Waals surface area contributed by atoms with Crippen molar-refractivity contribution in [2.45, 2.75) is 31.7 Å². The first-order valence-electron chi connectivity index (χ1n) is 10.4. The molecule has 0 saturated heterocycles. The van der Waals surface area contributed by atoms with E-state index in [2.05, 4.69) is 0 Å². The molecule has 0 saturated carbocycles. The molecular weight excluding hydrogens is 463 g/mol. The third-order valence-electron chi connectivity index (χ3n) is 5.22. The smallest absolute Gasteiger partial charge is 0.416 e. The van der Waals surface area contributed by atoms with Crippen LogP contribution in [0.25, 0.3) is 0 Å². The fourth-order valence-corrected chi connectivity index (χ4v) is 3.30. The second-order valence-electron chi connectivity index (χ2n) is 7.92. The Labute approximate surface area is 200 Å². The maximum atomic E-state index is 12.8. The molecule has 0 aliphatic carbocycles. The molecule has 0 radical (unpaired) electrons. The van der Waals surface area contributed by atoms with Gasteiger partial charge in [0, 0.05) is 6.42 Å². The summed E-state index contributed by atoms with van der Waals surface area (Å²) in [6.45, 7) is 1.41. The molecule has 1 unspecified atom stereocenters. The van der Waals surface area contributed by atoms with Crippen molar-refractivity contribution in [3.8, 4) is 23.3 Å². The molecular formula is C26H22F3NO5. The largest absolute Gasteiger partial charge is 0.493 e. The van der Waals surface area contributed by atoms with Gasteiger partial charge in [-0.25, -0.2) is 4.79 Å². The van der Waals surface area contributed by atoms with Crippen molar-refractivity contribution in [1.29, 1.82) is 5.26 Å². The zero-order chi connectivity index (χ0) is 25.6. The Bertz CT molecular complexity index is 1220. The first-order valence-corrected chi connectivity index (χ1v) is 10.4. The molecule has 1 atom stereocenters. The summed E-state index contributed by atoms with van der Waals surface area (Å²) in [5.41, 5.74) is -0.875. The van der Waals surface area contributed by atoms with Gasteiger partial charge in [-0.2, -0.15) is 18.4 Å². The normalized spacial score (nSPS) is 12.8. The lowest BCUT2D eigenvalue weighted by atomic mass is 9.95. The van der Waals surface area contributed by atoms with Crippen LogP contribution in [-0.4, -0.2) is 23.8 Å². The average Bonchev–Trinajstić information content (AvgIpc) is 2.83. The minimum Gasteiger partial charge on any atom is -0.493 e. The molecule has 0 aromatic heterocycles. The Hall–Kier alpha value is -4.19. The van der Waals surface area contributed by atoms with Gasteiger partial charge in [-0.3, -0.25) is 0 Å². The number of carboxylic acid groups (broad SMARTS) is 1. The lowest BCUT2D eigenvalue weighted by Gasteiger charge is -2.27. The van der Waals surface area contributed by atoms with E-state index < -0.39 is 23.3 Å². The van der Waals surface area contributed by atoms with E-state index in [4.69, 9.17) is 19.5 Å². The van der Waals surface area contributed by atoms with E-state index >= 15 is 0 Å². The van der Waals surface area contributed by atoms with E-state index in [-0.39, 0.29) is 13.0 Å². The van der Waals surface area contributed by atoms with E-state index in [0.29, 0.717) is 33.9 Å². The number of nitriles is 1. The lowest BCUT2D eigenvalue weighted by Crippen LogP contribution is -2.43. The first-order chi connectivity index (χ1) is 16.5. The zero-order valence-electron chi connectivity index (χ0n) is 18.9. The van der Waals surface area contributed by atoms with Crippen LogP contribution in [0.4, 0.5) is 13.2 Å². The first kappa shape index (κ1) is 25.4. The van der Waals surface area contributed by atoms with Crippen LogP contribution in [0.1, 0.15) is 29.2 Å². The number of aliphatic carboxylic acids is 1.